The van der Waals surface area contributed by atoms with Crippen LogP contribution in [-0.4, -0.2) is 57.6 Å². The van der Waals surface area contributed by atoms with Gasteiger partial charge in [-0.3, -0.25) is 13.9 Å². The average molecular weight is 607 g/mol. The zero-order chi connectivity index (χ0) is 29.3. The summed E-state index contributed by atoms with van der Waals surface area (Å²) in [4.78, 5) is 29.0. The van der Waals surface area contributed by atoms with Crippen LogP contribution >= 0.6 is 23.2 Å². The molecule has 0 spiro atoms. The van der Waals surface area contributed by atoms with Crippen molar-refractivity contribution in [2.45, 2.75) is 32.4 Å². The molecule has 0 heterocycles. The molecule has 0 saturated heterocycles. The van der Waals surface area contributed by atoms with Gasteiger partial charge in [-0.2, -0.15) is 0 Å². The summed E-state index contributed by atoms with van der Waals surface area (Å²) in [5.74, 6) is -0.324. The van der Waals surface area contributed by atoms with Gasteiger partial charge in [0.2, 0.25) is 21.8 Å². The first-order valence-electron chi connectivity index (χ1n) is 12.7. The molecule has 0 bridgehead atoms. The van der Waals surface area contributed by atoms with Crippen LogP contribution in [0, 0.1) is 0 Å². The van der Waals surface area contributed by atoms with Gasteiger partial charge in [-0.15, -0.1) is 0 Å². The first kappa shape index (κ1) is 31.3. The molecule has 0 radical (unpaired) electrons. The smallest absolute Gasteiger partial charge is 0.244 e. The molecule has 0 saturated carbocycles. The Bertz CT molecular complexity index is 1420. The van der Waals surface area contributed by atoms with Crippen molar-refractivity contribution in [3.8, 4) is 5.75 Å². The molecule has 40 heavy (non-hydrogen) atoms. The molecule has 8 nitrogen and oxygen atoms in total. The minimum atomic E-state index is -3.95. The van der Waals surface area contributed by atoms with Gasteiger partial charge in [0.05, 0.1) is 24.1 Å². The molecule has 0 unspecified atom stereocenters. The largest absolute Gasteiger partial charge is 0.497 e. The number of hydrogen-bond acceptors (Lipinski definition) is 5. The molecule has 0 aliphatic rings. The second-order valence-corrected chi connectivity index (χ2v) is 12.0. The standard InChI is InChI=1S/C29H33Cl2N3O5S/c1-4-15-32-29(36)27(17-21-9-6-5-7-10-21)33(19-22-11-8-12-24(16-22)39-2)28(35)20-34(40(3,37)38)26-14-13-23(30)18-25(26)31/h5-14,16,18,27H,4,15,17,19-20H2,1-3H3,(H,32,36)/t27-/m0/s1. The number of hydrogen-bond donors (Lipinski definition) is 1. The highest BCUT2D eigenvalue weighted by Gasteiger charge is 2.33. The molecule has 3 aromatic carbocycles. The summed E-state index contributed by atoms with van der Waals surface area (Å²) in [6.45, 7) is 1.84. The van der Waals surface area contributed by atoms with Crippen LogP contribution < -0.4 is 14.4 Å². The summed E-state index contributed by atoms with van der Waals surface area (Å²) in [6.07, 6.45) is 1.93. The Morgan fingerprint density at radius 1 is 0.975 bits per heavy atom. The van der Waals surface area contributed by atoms with E-state index in [0.29, 0.717) is 29.3 Å². The predicted molar refractivity (Wildman–Crippen MR) is 159 cm³/mol. The van der Waals surface area contributed by atoms with E-state index in [1.165, 1.54) is 30.2 Å². The van der Waals surface area contributed by atoms with E-state index in [9.17, 15) is 18.0 Å². The van der Waals surface area contributed by atoms with Crippen molar-refractivity contribution in [1.82, 2.24) is 10.2 Å². The Morgan fingerprint density at radius 3 is 2.30 bits per heavy atom. The number of amides is 2. The van der Waals surface area contributed by atoms with E-state index in [1.807, 2.05) is 43.3 Å². The number of benzene rings is 3. The van der Waals surface area contributed by atoms with Crippen molar-refractivity contribution in [2.24, 2.45) is 0 Å². The Balaban J connectivity index is 2.07. The third-order valence-electron chi connectivity index (χ3n) is 6.17. The number of carbonyl (C=O) groups is 2. The van der Waals surface area contributed by atoms with Gasteiger partial charge in [0.15, 0.2) is 0 Å². The van der Waals surface area contributed by atoms with Gasteiger partial charge in [-0.25, -0.2) is 8.42 Å². The SMILES string of the molecule is CCCNC(=O)[C@H](Cc1ccccc1)N(Cc1cccc(OC)c1)C(=O)CN(c1ccc(Cl)cc1Cl)S(C)(=O)=O. The minimum Gasteiger partial charge on any atom is -0.497 e. The third kappa shape index (κ3) is 8.61. The quantitative estimate of drug-likeness (QED) is 0.298. The van der Waals surface area contributed by atoms with E-state index >= 15 is 0 Å². The summed E-state index contributed by atoms with van der Waals surface area (Å²) < 4.78 is 32.0. The van der Waals surface area contributed by atoms with Crippen LogP contribution in [-0.2, 0) is 32.6 Å². The van der Waals surface area contributed by atoms with Gasteiger partial charge in [0.1, 0.15) is 18.3 Å². The predicted octanol–water partition coefficient (Wildman–Crippen LogP) is 4.93. The van der Waals surface area contributed by atoms with Gasteiger partial charge >= 0.3 is 0 Å². The lowest BCUT2D eigenvalue weighted by atomic mass is 10.0. The molecular formula is C29H33Cl2N3O5S. The summed E-state index contributed by atoms with van der Waals surface area (Å²) in [5, 5.41) is 3.30. The molecule has 11 heteroatoms. The maximum atomic E-state index is 14.1. The van der Waals surface area contributed by atoms with Crippen molar-refractivity contribution in [2.75, 3.05) is 30.8 Å². The fraction of sp³-hybridized carbons (Fsp3) is 0.310. The summed E-state index contributed by atoms with van der Waals surface area (Å²) in [7, 11) is -2.41. The van der Waals surface area contributed by atoms with Crippen LogP contribution in [0.3, 0.4) is 0 Å². The number of anilines is 1. The van der Waals surface area contributed by atoms with Crippen LogP contribution in [0.5, 0.6) is 5.75 Å². The molecule has 0 aliphatic carbocycles. The van der Waals surface area contributed by atoms with Crippen molar-refractivity contribution in [1.29, 1.82) is 0 Å². The monoisotopic (exact) mass is 605 g/mol. The van der Waals surface area contributed by atoms with E-state index in [1.54, 1.807) is 18.2 Å². The molecule has 3 aromatic rings. The van der Waals surface area contributed by atoms with Crippen molar-refractivity contribution < 1.29 is 22.7 Å². The number of carbonyl (C=O) groups excluding carboxylic acids is 2. The van der Waals surface area contributed by atoms with Crippen molar-refractivity contribution in [3.05, 3.63) is 94.0 Å². The fourth-order valence-corrected chi connectivity index (χ4v) is 5.59. The van der Waals surface area contributed by atoms with E-state index in [0.717, 1.165) is 16.1 Å². The first-order valence-corrected chi connectivity index (χ1v) is 15.3. The second kappa shape index (κ2) is 14.4. The molecule has 1 N–H and O–H groups in total. The number of ether oxygens (including phenoxy) is 1. The van der Waals surface area contributed by atoms with Gasteiger partial charge in [-0.05, 0) is 47.9 Å². The highest BCUT2D eigenvalue weighted by Crippen LogP contribution is 2.31. The van der Waals surface area contributed by atoms with Crippen LogP contribution in [0.4, 0.5) is 5.69 Å². The lowest BCUT2D eigenvalue weighted by molar-refractivity contribution is -0.140. The van der Waals surface area contributed by atoms with Crippen molar-refractivity contribution >= 4 is 50.7 Å². The van der Waals surface area contributed by atoms with E-state index in [-0.39, 0.29) is 29.6 Å². The maximum Gasteiger partial charge on any atom is 0.244 e. The first-order chi connectivity index (χ1) is 19.0. The molecule has 2 amide bonds. The lowest BCUT2D eigenvalue weighted by Gasteiger charge is -2.33. The van der Waals surface area contributed by atoms with Gasteiger partial charge in [0, 0.05) is 24.5 Å². The molecule has 0 aliphatic heterocycles. The zero-order valence-electron chi connectivity index (χ0n) is 22.6. The lowest BCUT2D eigenvalue weighted by Crippen LogP contribution is -2.53. The second-order valence-electron chi connectivity index (χ2n) is 9.24. The molecule has 3 rings (SSSR count). The molecule has 0 fully saturated rings. The molecule has 214 valence electrons. The number of nitrogens with one attached hydrogen (secondary N) is 1. The number of halogens is 2. The molecule has 1 atom stereocenters. The zero-order valence-corrected chi connectivity index (χ0v) is 25.0. The Hall–Kier alpha value is -3.27. The van der Waals surface area contributed by atoms with Gasteiger partial charge < -0.3 is 15.0 Å². The summed E-state index contributed by atoms with van der Waals surface area (Å²) in [6, 6.07) is 19.9. The highest BCUT2D eigenvalue weighted by atomic mass is 35.5. The van der Waals surface area contributed by atoms with Crippen LogP contribution in [0.25, 0.3) is 0 Å². The van der Waals surface area contributed by atoms with E-state index in [4.69, 9.17) is 27.9 Å². The topological polar surface area (TPSA) is 96.0 Å². The van der Waals surface area contributed by atoms with Crippen LogP contribution in [0.15, 0.2) is 72.8 Å². The van der Waals surface area contributed by atoms with E-state index in [2.05, 4.69) is 5.32 Å². The average Bonchev–Trinajstić information content (AvgIpc) is 2.92. The maximum absolute atomic E-state index is 14.1. The molecular weight excluding hydrogens is 573 g/mol. The number of rotatable bonds is 13. The number of nitrogens with zero attached hydrogens (tertiary/aromatic N) is 2. The Morgan fingerprint density at radius 2 is 1.68 bits per heavy atom. The number of sulfonamides is 1. The van der Waals surface area contributed by atoms with Crippen LogP contribution in [0.1, 0.15) is 24.5 Å². The number of methoxy groups -OCH3 is 1. The van der Waals surface area contributed by atoms with Crippen LogP contribution in [0.2, 0.25) is 10.0 Å². The summed E-state index contributed by atoms with van der Waals surface area (Å²) in [5.41, 5.74) is 1.67. The fourth-order valence-electron chi connectivity index (χ4n) is 4.17. The van der Waals surface area contributed by atoms with Gasteiger partial charge in [-0.1, -0.05) is 72.6 Å². The Labute approximate surface area is 245 Å². The normalized spacial score (nSPS) is 11.9. The van der Waals surface area contributed by atoms with Crippen molar-refractivity contribution in [3.63, 3.8) is 0 Å². The van der Waals surface area contributed by atoms with Gasteiger partial charge in [0.25, 0.3) is 0 Å². The molecule has 0 aromatic heterocycles. The third-order valence-corrected chi connectivity index (χ3v) is 7.83. The highest BCUT2D eigenvalue weighted by molar-refractivity contribution is 7.92. The minimum absolute atomic E-state index is 0.0407. The summed E-state index contributed by atoms with van der Waals surface area (Å²) >= 11 is 12.4. The van der Waals surface area contributed by atoms with E-state index < -0.39 is 28.5 Å². The Kier molecular flexibility index (Phi) is 11.2.